The van der Waals surface area contributed by atoms with Crippen LogP contribution in [-0.2, 0) is 19.6 Å². The fraction of sp³-hybridized carbons (Fsp3) is 0.875. The molecule has 15 heavy (non-hydrogen) atoms. The van der Waals surface area contributed by atoms with Crippen LogP contribution in [0.4, 0.5) is 0 Å². The van der Waals surface area contributed by atoms with Crippen LogP contribution in [0.25, 0.3) is 0 Å². The lowest BCUT2D eigenvalue weighted by Gasteiger charge is -2.13. The van der Waals surface area contributed by atoms with Gasteiger partial charge >= 0.3 is 5.97 Å². The third-order valence-corrected chi connectivity index (χ3v) is 3.93. The summed E-state index contributed by atoms with van der Waals surface area (Å²) < 4.78 is 29.5. The first-order valence-corrected chi connectivity index (χ1v) is 6.65. The van der Waals surface area contributed by atoms with Crippen LogP contribution < -0.4 is 4.72 Å². The minimum atomic E-state index is -3.48. The first kappa shape index (κ1) is 14.7. The van der Waals surface area contributed by atoms with Crippen molar-refractivity contribution in [3.05, 3.63) is 0 Å². The van der Waals surface area contributed by atoms with E-state index in [0.717, 1.165) is 0 Å². The molecule has 0 heterocycles. The largest absolute Gasteiger partial charge is 0.468 e. The second-order valence-electron chi connectivity index (χ2n) is 3.40. The molecule has 0 radical (unpaired) electrons. The Morgan fingerprint density at radius 3 is 2.40 bits per heavy atom. The van der Waals surface area contributed by atoms with E-state index in [9.17, 15) is 13.2 Å². The summed E-state index contributed by atoms with van der Waals surface area (Å²) >= 11 is 5.50. The van der Waals surface area contributed by atoms with Crippen LogP contribution in [0.2, 0.25) is 0 Å². The predicted octanol–water partition coefficient (Wildman–Crippen LogP) is 0.342. The molecule has 0 saturated heterocycles. The van der Waals surface area contributed by atoms with Crippen LogP contribution in [0.1, 0.15) is 13.8 Å². The SMILES string of the molecule is COC(=O)[C@H](C)NS(=O)(=O)CC(C)CCl. The first-order chi connectivity index (χ1) is 6.82. The molecule has 0 aromatic heterocycles. The van der Waals surface area contributed by atoms with Crippen molar-refractivity contribution in [3.63, 3.8) is 0 Å². The molecule has 0 aromatic rings. The van der Waals surface area contributed by atoms with Gasteiger partial charge in [-0.25, -0.2) is 13.1 Å². The quantitative estimate of drug-likeness (QED) is 0.550. The van der Waals surface area contributed by atoms with E-state index in [1.807, 2.05) is 0 Å². The highest BCUT2D eigenvalue weighted by Crippen LogP contribution is 2.03. The Labute approximate surface area is 95.2 Å². The summed E-state index contributed by atoms with van der Waals surface area (Å²) in [7, 11) is -2.28. The molecule has 0 bridgehead atoms. The van der Waals surface area contributed by atoms with Gasteiger partial charge in [0.25, 0.3) is 0 Å². The Morgan fingerprint density at radius 1 is 1.47 bits per heavy atom. The van der Waals surface area contributed by atoms with Crippen LogP contribution in [0.5, 0.6) is 0 Å². The molecular weight excluding hydrogens is 242 g/mol. The molecular formula is C8H16ClNO4S. The van der Waals surface area contributed by atoms with Crippen molar-refractivity contribution in [2.75, 3.05) is 18.7 Å². The highest BCUT2D eigenvalue weighted by molar-refractivity contribution is 7.89. The number of ether oxygens (including phenoxy) is 1. The van der Waals surface area contributed by atoms with E-state index >= 15 is 0 Å². The van der Waals surface area contributed by atoms with Crippen LogP contribution in [0, 0.1) is 5.92 Å². The van der Waals surface area contributed by atoms with Crippen LogP contribution in [0.15, 0.2) is 0 Å². The van der Waals surface area contributed by atoms with Crippen molar-refractivity contribution in [3.8, 4) is 0 Å². The van der Waals surface area contributed by atoms with Gasteiger partial charge in [0.1, 0.15) is 6.04 Å². The smallest absolute Gasteiger partial charge is 0.323 e. The molecule has 0 rings (SSSR count). The number of nitrogens with one attached hydrogen (secondary N) is 1. The lowest BCUT2D eigenvalue weighted by Crippen LogP contribution is -2.41. The minimum Gasteiger partial charge on any atom is -0.468 e. The monoisotopic (exact) mass is 257 g/mol. The predicted molar refractivity (Wildman–Crippen MR) is 58.3 cm³/mol. The number of hydrogen-bond donors (Lipinski definition) is 1. The summed E-state index contributed by atoms with van der Waals surface area (Å²) in [6.07, 6.45) is 0. The Hall–Kier alpha value is -0.330. The lowest BCUT2D eigenvalue weighted by atomic mass is 10.3. The van der Waals surface area contributed by atoms with Gasteiger partial charge in [0.05, 0.1) is 12.9 Å². The summed E-state index contributed by atoms with van der Waals surface area (Å²) in [6, 6.07) is -0.873. The number of hydrogen-bond acceptors (Lipinski definition) is 4. The number of alkyl halides is 1. The molecule has 0 aliphatic rings. The van der Waals surface area contributed by atoms with Gasteiger partial charge in [0.15, 0.2) is 0 Å². The summed E-state index contributed by atoms with van der Waals surface area (Å²) in [5, 5.41) is 0. The molecule has 1 unspecified atom stereocenters. The molecule has 1 N–H and O–H groups in total. The number of carbonyl (C=O) groups is 1. The van der Waals surface area contributed by atoms with Gasteiger partial charge in [0.2, 0.25) is 10.0 Å². The molecule has 2 atom stereocenters. The second kappa shape index (κ2) is 6.30. The fourth-order valence-electron chi connectivity index (χ4n) is 0.961. The molecule has 7 heteroatoms. The van der Waals surface area contributed by atoms with Gasteiger partial charge in [0, 0.05) is 5.88 Å². The number of carbonyl (C=O) groups excluding carboxylic acids is 1. The third kappa shape index (κ3) is 5.96. The number of rotatable bonds is 6. The molecule has 0 spiro atoms. The molecule has 0 fully saturated rings. The minimum absolute atomic E-state index is 0.0994. The van der Waals surface area contributed by atoms with Crippen LogP contribution in [0.3, 0.4) is 0 Å². The Morgan fingerprint density at radius 2 is 2.00 bits per heavy atom. The molecule has 5 nitrogen and oxygen atoms in total. The van der Waals surface area contributed by atoms with E-state index in [0.29, 0.717) is 0 Å². The third-order valence-electron chi connectivity index (χ3n) is 1.68. The van der Waals surface area contributed by atoms with E-state index in [4.69, 9.17) is 11.6 Å². The lowest BCUT2D eigenvalue weighted by molar-refractivity contribution is -0.142. The van der Waals surface area contributed by atoms with E-state index < -0.39 is 22.0 Å². The first-order valence-electron chi connectivity index (χ1n) is 4.46. The van der Waals surface area contributed by atoms with Crippen molar-refractivity contribution in [2.24, 2.45) is 5.92 Å². The van der Waals surface area contributed by atoms with Crippen LogP contribution >= 0.6 is 11.6 Å². The summed E-state index contributed by atoms with van der Waals surface area (Å²) in [6.45, 7) is 3.14. The van der Waals surface area contributed by atoms with Gasteiger partial charge < -0.3 is 4.74 Å². The number of halogens is 1. The maximum absolute atomic E-state index is 11.5. The van der Waals surface area contributed by atoms with Crippen molar-refractivity contribution < 1.29 is 17.9 Å². The average molecular weight is 258 g/mol. The van der Waals surface area contributed by atoms with Crippen molar-refractivity contribution in [1.29, 1.82) is 0 Å². The number of methoxy groups -OCH3 is 1. The zero-order valence-corrected chi connectivity index (χ0v) is 10.6. The summed E-state index contributed by atoms with van der Waals surface area (Å²) in [5.74, 6) is -0.614. The standard InChI is InChI=1S/C8H16ClNO4S/c1-6(4-9)5-15(12,13)10-7(2)8(11)14-3/h6-7,10H,4-5H2,1-3H3/t6?,7-/m0/s1. The summed E-state index contributed by atoms with van der Waals surface area (Å²) in [4.78, 5) is 11.0. The second-order valence-corrected chi connectivity index (χ2v) is 5.51. The van der Waals surface area contributed by atoms with E-state index in [-0.39, 0.29) is 17.6 Å². The van der Waals surface area contributed by atoms with E-state index in [1.165, 1.54) is 14.0 Å². The molecule has 0 aromatic carbocycles. The highest BCUT2D eigenvalue weighted by Gasteiger charge is 2.22. The Balaban J connectivity index is 4.32. The van der Waals surface area contributed by atoms with Gasteiger partial charge in [-0.15, -0.1) is 11.6 Å². The van der Waals surface area contributed by atoms with Gasteiger partial charge in [-0.1, -0.05) is 6.92 Å². The topological polar surface area (TPSA) is 72.5 Å². The zero-order chi connectivity index (χ0) is 12.1. The number of esters is 1. The van der Waals surface area contributed by atoms with Gasteiger partial charge in [-0.3, -0.25) is 4.79 Å². The van der Waals surface area contributed by atoms with Gasteiger partial charge in [-0.05, 0) is 12.8 Å². The van der Waals surface area contributed by atoms with Gasteiger partial charge in [-0.2, -0.15) is 0 Å². The average Bonchev–Trinajstić information content (AvgIpc) is 2.14. The maximum atomic E-state index is 11.5. The van der Waals surface area contributed by atoms with E-state index in [1.54, 1.807) is 6.92 Å². The van der Waals surface area contributed by atoms with E-state index in [2.05, 4.69) is 9.46 Å². The number of sulfonamides is 1. The zero-order valence-electron chi connectivity index (χ0n) is 8.99. The summed E-state index contributed by atoms with van der Waals surface area (Å²) in [5.41, 5.74) is 0. The van der Waals surface area contributed by atoms with Crippen molar-refractivity contribution in [2.45, 2.75) is 19.9 Å². The highest BCUT2D eigenvalue weighted by atomic mass is 35.5. The molecule has 0 aliphatic carbocycles. The fourth-order valence-corrected chi connectivity index (χ4v) is 2.80. The Kier molecular flexibility index (Phi) is 6.16. The maximum Gasteiger partial charge on any atom is 0.323 e. The molecule has 0 saturated carbocycles. The van der Waals surface area contributed by atoms with Crippen LogP contribution in [-0.4, -0.2) is 39.2 Å². The normalized spacial score (nSPS) is 15.7. The molecule has 0 aliphatic heterocycles. The molecule has 0 amide bonds. The van der Waals surface area contributed by atoms with Crippen molar-refractivity contribution in [1.82, 2.24) is 4.72 Å². The van der Waals surface area contributed by atoms with Crippen molar-refractivity contribution >= 4 is 27.6 Å². The Bertz CT molecular complexity index is 304. The molecule has 90 valence electrons.